The van der Waals surface area contributed by atoms with Gasteiger partial charge < -0.3 is 14.6 Å². The van der Waals surface area contributed by atoms with Crippen LogP contribution in [0.25, 0.3) is 0 Å². The van der Waals surface area contributed by atoms with E-state index in [-0.39, 0.29) is 6.04 Å². The smallest absolute Gasteiger partial charge is 0.243 e. The average Bonchev–Trinajstić information content (AvgIpc) is 2.97. The number of nitrogens with zero attached hydrogens (tertiary/aromatic N) is 2. The molecule has 2 fully saturated rings. The molecule has 5 nitrogen and oxygen atoms in total. The Hall–Kier alpha value is -0.940. The van der Waals surface area contributed by atoms with Crippen molar-refractivity contribution >= 4 is 0 Å². The number of fused-ring (bicyclic) bond motifs is 1. The second-order valence-electron chi connectivity index (χ2n) is 6.62. The first-order chi connectivity index (χ1) is 9.60. The number of aromatic nitrogens is 2. The molecule has 5 heteroatoms. The Morgan fingerprint density at radius 2 is 2.00 bits per heavy atom. The van der Waals surface area contributed by atoms with E-state index >= 15 is 0 Å². The van der Waals surface area contributed by atoms with Crippen molar-refractivity contribution in [2.24, 2.45) is 5.92 Å². The summed E-state index contributed by atoms with van der Waals surface area (Å²) in [5.41, 5.74) is -0.496. The Balaban J connectivity index is 1.71. The molecule has 1 saturated heterocycles. The van der Waals surface area contributed by atoms with Crippen LogP contribution in [0.1, 0.15) is 70.1 Å². The molecule has 3 atom stereocenters. The second-order valence-corrected chi connectivity index (χ2v) is 6.62. The molecule has 3 unspecified atom stereocenters. The summed E-state index contributed by atoms with van der Waals surface area (Å²) in [7, 11) is 1.67. The molecule has 1 aromatic rings. The number of piperidine rings is 1. The van der Waals surface area contributed by atoms with Gasteiger partial charge in [0.15, 0.2) is 0 Å². The molecule has 3 rings (SSSR count). The predicted molar refractivity (Wildman–Crippen MR) is 75.2 cm³/mol. The summed E-state index contributed by atoms with van der Waals surface area (Å²) in [6, 6.07) is 0.844. The largest absolute Gasteiger partial charge is 0.371 e. The molecule has 1 aromatic heterocycles. The van der Waals surface area contributed by atoms with Gasteiger partial charge in [0.1, 0.15) is 5.60 Å². The first-order valence-corrected chi connectivity index (χ1v) is 7.75. The van der Waals surface area contributed by atoms with Crippen LogP contribution in [0.3, 0.4) is 0 Å². The molecular weight excluding hydrogens is 254 g/mol. The zero-order valence-electron chi connectivity index (χ0n) is 12.7. The summed E-state index contributed by atoms with van der Waals surface area (Å²) < 4.78 is 10.9. The quantitative estimate of drug-likeness (QED) is 0.921. The maximum atomic E-state index is 5.47. The highest BCUT2D eigenvalue weighted by molar-refractivity contribution is 5.02. The van der Waals surface area contributed by atoms with E-state index in [1.807, 2.05) is 13.8 Å². The lowest BCUT2D eigenvalue weighted by molar-refractivity contribution is 0.00973. The lowest BCUT2D eigenvalue weighted by Gasteiger charge is -2.39. The molecule has 2 aliphatic rings. The Morgan fingerprint density at radius 3 is 2.80 bits per heavy atom. The summed E-state index contributed by atoms with van der Waals surface area (Å²) in [4.78, 5) is 4.55. The highest BCUT2D eigenvalue weighted by Gasteiger charge is 2.35. The molecule has 1 saturated carbocycles. The fourth-order valence-electron chi connectivity index (χ4n) is 3.40. The first-order valence-electron chi connectivity index (χ1n) is 7.75. The molecule has 0 radical (unpaired) electrons. The normalized spacial score (nSPS) is 31.1. The Bertz CT molecular complexity index is 458. The van der Waals surface area contributed by atoms with E-state index in [2.05, 4.69) is 15.5 Å². The number of methoxy groups -OCH3 is 1. The number of nitrogens with one attached hydrogen (secondary N) is 1. The van der Waals surface area contributed by atoms with Gasteiger partial charge in [-0.05, 0) is 45.4 Å². The second kappa shape index (κ2) is 5.45. The third-order valence-corrected chi connectivity index (χ3v) is 4.94. The van der Waals surface area contributed by atoms with Gasteiger partial charge in [-0.2, -0.15) is 4.98 Å². The van der Waals surface area contributed by atoms with Gasteiger partial charge in [-0.25, -0.2) is 0 Å². The zero-order valence-corrected chi connectivity index (χ0v) is 12.7. The van der Waals surface area contributed by atoms with E-state index < -0.39 is 5.60 Å². The van der Waals surface area contributed by atoms with Crippen LogP contribution >= 0.6 is 0 Å². The molecule has 1 N–H and O–H groups in total. The van der Waals surface area contributed by atoms with Crippen molar-refractivity contribution in [1.29, 1.82) is 0 Å². The van der Waals surface area contributed by atoms with Crippen molar-refractivity contribution in [3.05, 3.63) is 11.7 Å². The Morgan fingerprint density at radius 1 is 1.20 bits per heavy atom. The first kappa shape index (κ1) is 14.0. The fourth-order valence-corrected chi connectivity index (χ4v) is 3.40. The predicted octanol–water partition coefficient (Wildman–Crippen LogP) is 2.93. The average molecular weight is 279 g/mol. The molecule has 0 amide bonds. The standard InChI is InChI=1S/C15H25N3O2/c1-15(2,19-3)14-17-13(20-18-14)12-9-8-10-6-4-5-7-11(10)16-12/h10-12,16H,4-9H2,1-3H3. The number of ether oxygens (including phenoxy) is 1. The van der Waals surface area contributed by atoms with Gasteiger partial charge in [0.05, 0.1) is 6.04 Å². The maximum Gasteiger partial charge on any atom is 0.243 e. The van der Waals surface area contributed by atoms with Crippen LogP contribution in [-0.4, -0.2) is 23.3 Å². The van der Waals surface area contributed by atoms with Gasteiger partial charge in [0, 0.05) is 13.2 Å². The van der Waals surface area contributed by atoms with Crippen molar-refractivity contribution in [1.82, 2.24) is 15.5 Å². The number of hydrogen-bond donors (Lipinski definition) is 1. The summed E-state index contributed by atoms with van der Waals surface area (Å²) in [6.45, 7) is 3.90. The van der Waals surface area contributed by atoms with Gasteiger partial charge in [-0.3, -0.25) is 0 Å². The van der Waals surface area contributed by atoms with Gasteiger partial charge >= 0.3 is 0 Å². The SMILES string of the molecule is COC(C)(C)c1noc(C2CCC3CCCCC3N2)n1. The summed E-state index contributed by atoms with van der Waals surface area (Å²) >= 11 is 0. The van der Waals surface area contributed by atoms with E-state index in [0.29, 0.717) is 17.8 Å². The van der Waals surface area contributed by atoms with E-state index in [1.165, 1.54) is 32.1 Å². The van der Waals surface area contributed by atoms with Crippen molar-refractivity contribution in [2.75, 3.05) is 7.11 Å². The van der Waals surface area contributed by atoms with Crippen LogP contribution in [0.5, 0.6) is 0 Å². The lowest BCUT2D eigenvalue weighted by Crippen LogP contribution is -2.44. The Labute approximate surface area is 120 Å². The van der Waals surface area contributed by atoms with Crippen molar-refractivity contribution in [3.8, 4) is 0 Å². The summed E-state index contributed by atoms with van der Waals surface area (Å²) in [5, 5.41) is 7.80. The number of rotatable bonds is 3. The summed E-state index contributed by atoms with van der Waals surface area (Å²) in [6.07, 6.45) is 7.75. The molecule has 0 spiro atoms. The minimum Gasteiger partial charge on any atom is -0.371 e. The third kappa shape index (κ3) is 2.61. The maximum absolute atomic E-state index is 5.47. The highest BCUT2D eigenvalue weighted by atomic mass is 16.5. The zero-order chi connectivity index (χ0) is 14.2. The Kier molecular flexibility index (Phi) is 3.82. The molecule has 112 valence electrons. The molecular formula is C15H25N3O2. The van der Waals surface area contributed by atoms with E-state index in [9.17, 15) is 0 Å². The highest BCUT2D eigenvalue weighted by Crippen LogP contribution is 2.36. The van der Waals surface area contributed by atoms with Gasteiger partial charge in [-0.1, -0.05) is 18.0 Å². The molecule has 2 heterocycles. The van der Waals surface area contributed by atoms with E-state index in [0.717, 1.165) is 12.3 Å². The molecule has 0 aromatic carbocycles. The van der Waals surface area contributed by atoms with Gasteiger partial charge in [0.25, 0.3) is 0 Å². The van der Waals surface area contributed by atoms with Crippen molar-refractivity contribution in [3.63, 3.8) is 0 Å². The van der Waals surface area contributed by atoms with Crippen LogP contribution in [0.2, 0.25) is 0 Å². The monoisotopic (exact) mass is 279 g/mol. The van der Waals surface area contributed by atoms with Crippen LogP contribution in [0, 0.1) is 5.92 Å². The van der Waals surface area contributed by atoms with Crippen molar-refractivity contribution in [2.45, 2.75) is 70.1 Å². The van der Waals surface area contributed by atoms with Crippen LogP contribution < -0.4 is 5.32 Å². The van der Waals surface area contributed by atoms with Crippen LogP contribution in [0.4, 0.5) is 0 Å². The minimum atomic E-state index is -0.496. The lowest BCUT2D eigenvalue weighted by atomic mass is 9.78. The molecule has 0 bridgehead atoms. The van der Waals surface area contributed by atoms with E-state index in [4.69, 9.17) is 9.26 Å². The molecule has 1 aliphatic carbocycles. The molecule has 1 aliphatic heterocycles. The van der Waals surface area contributed by atoms with E-state index in [1.54, 1.807) is 7.11 Å². The fraction of sp³-hybridized carbons (Fsp3) is 0.867. The molecule has 20 heavy (non-hydrogen) atoms. The van der Waals surface area contributed by atoms with Crippen LogP contribution in [-0.2, 0) is 10.3 Å². The number of hydrogen-bond acceptors (Lipinski definition) is 5. The topological polar surface area (TPSA) is 60.2 Å². The minimum absolute atomic E-state index is 0.211. The van der Waals surface area contributed by atoms with Crippen LogP contribution in [0.15, 0.2) is 4.52 Å². The van der Waals surface area contributed by atoms with Gasteiger partial charge in [-0.15, -0.1) is 0 Å². The summed E-state index contributed by atoms with van der Waals surface area (Å²) in [5.74, 6) is 2.19. The third-order valence-electron chi connectivity index (χ3n) is 4.94. The van der Waals surface area contributed by atoms with Gasteiger partial charge in [0.2, 0.25) is 11.7 Å². The van der Waals surface area contributed by atoms with Crippen molar-refractivity contribution < 1.29 is 9.26 Å².